The van der Waals surface area contributed by atoms with E-state index >= 15 is 0 Å². The van der Waals surface area contributed by atoms with Crippen LogP contribution < -0.4 is 16.4 Å². The standard InChI is InChI=1S/C17H30N4O6S2/c1-9(22)13(20-14(23)10(18)5-7-29-2)15(24)19-11(8-28)16(25)21-6-3-4-12(21)17(26)27/h9-13,22,28H,3-8,18H2,1-2H3,(H,19,24)(H,20,23)(H,26,27). The van der Waals surface area contributed by atoms with E-state index in [2.05, 4.69) is 23.3 Å². The molecule has 0 radical (unpaired) electrons. The van der Waals surface area contributed by atoms with E-state index in [0.717, 1.165) is 0 Å². The van der Waals surface area contributed by atoms with Gasteiger partial charge in [-0.2, -0.15) is 24.4 Å². The molecule has 0 aromatic heterocycles. The number of hydrogen-bond donors (Lipinski definition) is 6. The molecule has 1 rings (SSSR count). The Morgan fingerprint density at radius 2 is 1.93 bits per heavy atom. The number of hydrogen-bond acceptors (Lipinski definition) is 8. The van der Waals surface area contributed by atoms with E-state index < -0.39 is 54.0 Å². The number of carbonyl (C=O) groups is 4. The number of carboxylic acid groups (broad SMARTS) is 1. The number of thioether (sulfide) groups is 1. The molecule has 1 aliphatic rings. The van der Waals surface area contributed by atoms with E-state index in [9.17, 15) is 29.4 Å². The van der Waals surface area contributed by atoms with Gasteiger partial charge in [0.1, 0.15) is 18.1 Å². The Morgan fingerprint density at radius 3 is 2.45 bits per heavy atom. The lowest BCUT2D eigenvalue weighted by Gasteiger charge is -2.28. The quantitative estimate of drug-likeness (QED) is 0.206. The fourth-order valence-corrected chi connectivity index (χ4v) is 3.71. The van der Waals surface area contributed by atoms with Gasteiger partial charge in [0.25, 0.3) is 0 Å². The molecule has 6 N–H and O–H groups in total. The minimum Gasteiger partial charge on any atom is -0.480 e. The average molecular weight is 451 g/mol. The Morgan fingerprint density at radius 1 is 1.28 bits per heavy atom. The maximum absolute atomic E-state index is 12.7. The normalized spacial score (nSPS) is 20.4. The van der Waals surface area contributed by atoms with Gasteiger partial charge in [-0.1, -0.05) is 0 Å². The van der Waals surface area contributed by atoms with Gasteiger partial charge < -0.3 is 31.5 Å². The number of thiol groups is 1. The first kappa shape index (κ1) is 25.5. The van der Waals surface area contributed by atoms with Crippen molar-refractivity contribution in [3.63, 3.8) is 0 Å². The number of nitrogens with two attached hydrogens (primary N) is 1. The van der Waals surface area contributed by atoms with Crippen molar-refractivity contribution in [3.8, 4) is 0 Å². The molecule has 1 saturated heterocycles. The summed E-state index contributed by atoms with van der Waals surface area (Å²) in [4.78, 5) is 50.0. The number of amides is 3. The molecular formula is C17H30N4O6S2. The Hall–Kier alpha value is -1.50. The predicted octanol–water partition coefficient (Wildman–Crippen LogP) is -1.58. The molecule has 5 unspecified atom stereocenters. The van der Waals surface area contributed by atoms with E-state index in [-0.39, 0.29) is 12.3 Å². The van der Waals surface area contributed by atoms with Crippen LogP contribution in [0.25, 0.3) is 0 Å². The summed E-state index contributed by atoms with van der Waals surface area (Å²) < 4.78 is 0. The number of nitrogens with zero attached hydrogens (tertiary/aromatic N) is 1. The maximum atomic E-state index is 12.7. The van der Waals surface area contributed by atoms with Gasteiger partial charge in [0.05, 0.1) is 12.1 Å². The second kappa shape index (κ2) is 12.3. The number of carbonyl (C=O) groups excluding carboxylic acids is 3. The highest BCUT2D eigenvalue weighted by Crippen LogP contribution is 2.19. The molecule has 0 aromatic rings. The van der Waals surface area contributed by atoms with Gasteiger partial charge >= 0.3 is 5.97 Å². The van der Waals surface area contributed by atoms with E-state index in [1.807, 2.05) is 6.26 Å². The number of aliphatic hydroxyl groups excluding tert-OH is 1. The van der Waals surface area contributed by atoms with E-state index in [1.165, 1.54) is 23.6 Å². The molecule has 1 heterocycles. The SMILES string of the molecule is CSCCC(N)C(=O)NC(C(=O)NC(CS)C(=O)N1CCCC1C(=O)O)C(C)O. The van der Waals surface area contributed by atoms with Gasteiger partial charge in [0, 0.05) is 12.3 Å². The van der Waals surface area contributed by atoms with Crippen LogP contribution in [0.3, 0.4) is 0 Å². The molecule has 0 bridgehead atoms. The van der Waals surface area contributed by atoms with Crippen molar-refractivity contribution < 1.29 is 29.4 Å². The number of likely N-dealkylation sites (tertiary alicyclic amines) is 1. The third-order valence-corrected chi connectivity index (χ3v) is 5.66. The zero-order chi connectivity index (χ0) is 22.1. The van der Waals surface area contributed by atoms with Gasteiger partial charge in [-0.05, 0) is 38.2 Å². The smallest absolute Gasteiger partial charge is 0.326 e. The zero-order valence-electron chi connectivity index (χ0n) is 16.5. The van der Waals surface area contributed by atoms with Crippen molar-refractivity contribution in [2.24, 2.45) is 5.73 Å². The third kappa shape index (κ3) is 7.36. The summed E-state index contributed by atoms with van der Waals surface area (Å²) in [5.74, 6) is -2.43. The second-order valence-electron chi connectivity index (χ2n) is 6.89. The van der Waals surface area contributed by atoms with Crippen molar-refractivity contribution >= 4 is 48.1 Å². The Balaban J connectivity index is 2.80. The Labute approximate surface area is 179 Å². The van der Waals surface area contributed by atoms with Gasteiger partial charge in [0.15, 0.2) is 0 Å². The molecule has 5 atom stereocenters. The van der Waals surface area contributed by atoms with Crippen LogP contribution in [0.15, 0.2) is 0 Å². The molecule has 0 aromatic carbocycles. The van der Waals surface area contributed by atoms with Crippen molar-refractivity contribution in [1.82, 2.24) is 15.5 Å². The summed E-state index contributed by atoms with van der Waals surface area (Å²) in [7, 11) is 0. The average Bonchev–Trinajstić information content (AvgIpc) is 3.17. The second-order valence-corrected chi connectivity index (χ2v) is 8.24. The first-order valence-electron chi connectivity index (χ1n) is 9.31. The summed E-state index contributed by atoms with van der Waals surface area (Å²) >= 11 is 5.61. The zero-order valence-corrected chi connectivity index (χ0v) is 18.2. The van der Waals surface area contributed by atoms with E-state index in [4.69, 9.17) is 5.73 Å². The Bertz CT molecular complexity index is 606. The van der Waals surface area contributed by atoms with Crippen LogP contribution in [0.2, 0.25) is 0 Å². The van der Waals surface area contributed by atoms with Gasteiger partial charge in [-0.3, -0.25) is 14.4 Å². The van der Waals surface area contributed by atoms with Crippen LogP contribution in [0.4, 0.5) is 0 Å². The van der Waals surface area contributed by atoms with Crippen molar-refractivity contribution in [1.29, 1.82) is 0 Å². The van der Waals surface area contributed by atoms with Crippen LogP contribution >= 0.6 is 24.4 Å². The van der Waals surface area contributed by atoms with E-state index in [0.29, 0.717) is 25.0 Å². The lowest BCUT2D eigenvalue weighted by atomic mass is 10.1. The summed E-state index contributed by atoms with van der Waals surface area (Å²) in [6.45, 7) is 1.60. The monoisotopic (exact) mass is 450 g/mol. The summed E-state index contributed by atoms with van der Waals surface area (Å²) in [5, 5.41) is 24.0. The molecular weight excluding hydrogens is 420 g/mol. The molecule has 0 aliphatic carbocycles. The highest BCUT2D eigenvalue weighted by Gasteiger charge is 2.38. The lowest BCUT2D eigenvalue weighted by Crippen LogP contribution is -2.60. The number of aliphatic carboxylic acids is 1. The van der Waals surface area contributed by atoms with Crippen molar-refractivity contribution in [2.75, 3.05) is 24.3 Å². The van der Waals surface area contributed by atoms with E-state index in [1.54, 1.807) is 0 Å². The third-order valence-electron chi connectivity index (χ3n) is 4.65. The summed E-state index contributed by atoms with van der Waals surface area (Å²) in [5.41, 5.74) is 5.79. The topological polar surface area (TPSA) is 162 Å². The van der Waals surface area contributed by atoms with Crippen LogP contribution in [0.5, 0.6) is 0 Å². The molecule has 166 valence electrons. The van der Waals surface area contributed by atoms with Gasteiger partial charge in [-0.15, -0.1) is 0 Å². The molecule has 0 saturated carbocycles. The molecule has 10 nitrogen and oxygen atoms in total. The molecule has 1 fully saturated rings. The van der Waals surface area contributed by atoms with Crippen LogP contribution in [0, 0.1) is 0 Å². The highest BCUT2D eigenvalue weighted by molar-refractivity contribution is 7.98. The van der Waals surface area contributed by atoms with Crippen LogP contribution in [0.1, 0.15) is 26.2 Å². The molecule has 3 amide bonds. The minimum absolute atomic E-state index is 0.0683. The fraction of sp³-hybridized carbons (Fsp3) is 0.765. The van der Waals surface area contributed by atoms with Gasteiger partial charge in [-0.25, -0.2) is 4.79 Å². The molecule has 29 heavy (non-hydrogen) atoms. The highest BCUT2D eigenvalue weighted by atomic mass is 32.2. The van der Waals surface area contributed by atoms with Crippen LogP contribution in [-0.4, -0.2) is 93.4 Å². The molecule has 12 heteroatoms. The minimum atomic E-state index is -1.31. The first-order chi connectivity index (χ1) is 13.6. The largest absolute Gasteiger partial charge is 0.480 e. The fourth-order valence-electron chi connectivity index (χ4n) is 2.98. The van der Waals surface area contributed by atoms with Crippen molar-refractivity contribution in [3.05, 3.63) is 0 Å². The van der Waals surface area contributed by atoms with Crippen LogP contribution in [-0.2, 0) is 19.2 Å². The lowest BCUT2D eigenvalue weighted by molar-refractivity contribution is -0.149. The maximum Gasteiger partial charge on any atom is 0.326 e. The van der Waals surface area contributed by atoms with Gasteiger partial charge in [0.2, 0.25) is 17.7 Å². The summed E-state index contributed by atoms with van der Waals surface area (Å²) in [6.07, 6.45) is 1.94. The number of carboxylic acids is 1. The molecule has 0 spiro atoms. The number of rotatable bonds is 11. The Kier molecular flexibility index (Phi) is 10.8. The predicted molar refractivity (Wildman–Crippen MR) is 113 cm³/mol. The first-order valence-corrected chi connectivity index (χ1v) is 11.3. The number of aliphatic hydroxyl groups is 1. The molecule has 1 aliphatic heterocycles. The number of nitrogens with one attached hydrogen (secondary N) is 2. The van der Waals surface area contributed by atoms with Crippen molar-refractivity contribution in [2.45, 2.75) is 56.5 Å². The summed E-state index contributed by atoms with van der Waals surface area (Å²) in [6, 6.07) is -4.18.